The summed E-state index contributed by atoms with van der Waals surface area (Å²) >= 11 is 3.82. The smallest absolute Gasteiger partial charge is 0.238 e. The molecule has 0 saturated carbocycles. The van der Waals surface area contributed by atoms with E-state index in [0.29, 0.717) is 24.0 Å². The maximum absolute atomic E-state index is 5.59. The zero-order chi connectivity index (χ0) is 55.3. The molecule has 0 bridgehead atoms. The van der Waals surface area contributed by atoms with Crippen LogP contribution in [-0.2, 0) is 5.75 Å². The molecule has 3 aliphatic rings. The van der Waals surface area contributed by atoms with Gasteiger partial charge in [0, 0.05) is 59.4 Å². The summed E-state index contributed by atoms with van der Waals surface area (Å²) in [5, 5.41) is 7.09. The number of fused-ring (bicyclic) bond motifs is 11. The van der Waals surface area contributed by atoms with Gasteiger partial charge in [0.05, 0.1) is 27.8 Å². The van der Waals surface area contributed by atoms with E-state index >= 15 is 0 Å². The van der Waals surface area contributed by atoms with E-state index in [1.54, 1.807) is 6.08 Å². The Balaban J connectivity index is 0.00000202. The molecule has 0 fully saturated rings. The molecule has 394 valence electrons. The molecular weight excluding hydrogens is 1020 g/mol. The van der Waals surface area contributed by atoms with Crippen LogP contribution < -0.4 is 0 Å². The van der Waals surface area contributed by atoms with Crippen molar-refractivity contribution in [3.05, 3.63) is 263 Å². The van der Waals surface area contributed by atoms with E-state index in [0.717, 1.165) is 67.6 Å². The van der Waals surface area contributed by atoms with Gasteiger partial charge < -0.3 is 4.57 Å². The highest BCUT2D eigenvalue weighted by Crippen LogP contribution is 2.47. The molecule has 5 heterocycles. The molecule has 2 aliphatic heterocycles. The molecule has 0 amide bonds. The van der Waals surface area contributed by atoms with Crippen molar-refractivity contribution in [2.75, 3.05) is 5.75 Å². The quantitative estimate of drug-likeness (QED) is 0.135. The number of aryl methyl sites for hydroxylation is 2. The zero-order valence-electron chi connectivity index (χ0n) is 46.4. The molecule has 14 rings (SSSR count). The minimum atomic E-state index is 0.572. The van der Waals surface area contributed by atoms with Gasteiger partial charge in [-0.2, -0.15) is 9.97 Å². The van der Waals surface area contributed by atoms with Gasteiger partial charge in [-0.25, -0.2) is 4.98 Å². The molecule has 81 heavy (non-hydrogen) atoms. The molecule has 5 nitrogen and oxygen atoms in total. The third-order valence-electron chi connectivity index (χ3n) is 15.6. The number of para-hydroxylation sites is 2. The summed E-state index contributed by atoms with van der Waals surface area (Å²) in [5.74, 6) is 3.63. The van der Waals surface area contributed by atoms with Gasteiger partial charge in [0.15, 0.2) is 11.6 Å². The molecule has 0 N–H and O–H groups in total. The summed E-state index contributed by atoms with van der Waals surface area (Å²) in [6, 6.07) is 56.0. The Kier molecular flexibility index (Phi) is 13.9. The highest BCUT2D eigenvalue weighted by atomic mass is 32.2. The average molecular weight is 1080 g/mol. The van der Waals surface area contributed by atoms with E-state index in [2.05, 4.69) is 244 Å². The molecule has 8 aromatic carbocycles. The Morgan fingerprint density at radius 1 is 0.630 bits per heavy atom. The fraction of sp³-hybridized carbons (Fsp3) is 0.122. The van der Waals surface area contributed by atoms with Gasteiger partial charge in [0.1, 0.15) is 0 Å². The summed E-state index contributed by atoms with van der Waals surface area (Å²) in [7, 11) is 0. The van der Waals surface area contributed by atoms with Gasteiger partial charge in [-0.15, -0.1) is 36.7 Å². The normalized spacial score (nSPS) is 14.7. The molecule has 0 radical (unpaired) electrons. The number of thioether (sulfide) groups is 2. The van der Waals surface area contributed by atoms with Crippen molar-refractivity contribution in [3.8, 4) is 34.2 Å². The fourth-order valence-corrected chi connectivity index (χ4v) is 14.4. The summed E-state index contributed by atoms with van der Waals surface area (Å²) in [6.45, 7) is 18.1. The lowest BCUT2D eigenvalue weighted by Crippen LogP contribution is -2.08. The Morgan fingerprint density at radius 2 is 1.35 bits per heavy atom. The van der Waals surface area contributed by atoms with Gasteiger partial charge >= 0.3 is 0 Å². The van der Waals surface area contributed by atoms with Crippen molar-refractivity contribution in [2.45, 2.75) is 58.1 Å². The van der Waals surface area contributed by atoms with Crippen LogP contribution in [0, 0.1) is 13.8 Å². The topological polar surface area (TPSA) is 48.5 Å². The van der Waals surface area contributed by atoms with Crippen LogP contribution in [0.3, 0.4) is 0 Å². The molecule has 0 saturated heterocycles. The van der Waals surface area contributed by atoms with Crippen molar-refractivity contribution in [1.29, 1.82) is 0 Å². The highest BCUT2D eigenvalue weighted by molar-refractivity contribution is 8.02. The molecule has 11 aromatic rings. The van der Waals surface area contributed by atoms with Gasteiger partial charge in [-0.05, 0) is 152 Å². The number of hydrogen-bond acceptors (Lipinski definition) is 5. The third-order valence-corrected chi connectivity index (χ3v) is 17.9. The van der Waals surface area contributed by atoms with Crippen LogP contribution in [0.1, 0.15) is 72.8 Å². The van der Waals surface area contributed by atoms with Crippen molar-refractivity contribution in [1.82, 2.24) is 24.1 Å². The largest absolute Gasteiger partial charge is 0.309 e. The highest BCUT2D eigenvalue weighted by Gasteiger charge is 2.27. The first-order valence-corrected chi connectivity index (χ1v) is 29.9. The van der Waals surface area contributed by atoms with Crippen LogP contribution in [0.5, 0.6) is 0 Å². The molecule has 7 heteroatoms. The van der Waals surface area contributed by atoms with E-state index < -0.39 is 0 Å². The van der Waals surface area contributed by atoms with E-state index in [1.807, 2.05) is 36.5 Å². The predicted octanol–water partition coefficient (Wildman–Crippen LogP) is 20.4. The van der Waals surface area contributed by atoms with E-state index in [-0.39, 0.29) is 0 Å². The SMILES string of the molecule is C=CC.C=CC/C=C(\C=C1/CSc2ccc(C)cc21)c1nc(-c2ccc3c(c2)C2=C(C=C(C)C=CC2)SC3)nc(-n2c3ccccc3c3c4c5ccccc5n(-c5cc(/C=C\C)c(-c6ccccc6)c6cc(C)ccc56)c4ccc32)n1. The van der Waals surface area contributed by atoms with Crippen LogP contribution in [0.15, 0.2) is 229 Å². The van der Waals surface area contributed by atoms with Crippen molar-refractivity contribution < 1.29 is 0 Å². The lowest BCUT2D eigenvalue weighted by atomic mass is 9.91. The lowest BCUT2D eigenvalue weighted by Gasteiger charge is -2.21. The Morgan fingerprint density at radius 3 is 2.11 bits per heavy atom. The van der Waals surface area contributed by atoms with Gasteiger partial charge in [0.25, 0.3) is 0 Å². The molecule has 0 atom stereocenters. The molecule has 0 spiro atoms. The van der Waals surface area contributed by atoms with Crippen LogP contribution in [0.25, 0.3) is 111 Å². The second-order valence-corrected chi connectivity index (χ2v) is 23.2. The number of allylic oxidation sites excluding steroid dienone is 11. The zero-order valence-corrected chi connectivity index (χ0v) is 48.1. The van der Waals surface area contributed by atoms with Crippen molar-refractivity contribution in [2.24, 2.45) is 0 Å². The van der Waals surface area contributed by atoms with Gasteiger partial charge in [-0.3, -0.25) is 4.57 Å². The number of benzene rings is 8. The first-order valence-electron chi connectivity index (χ1n) is 27.9. The molecule has 3 aromatic heterocycles. The number of aromatic nitrogens is 5. The number of hydrogen-bond donors (Lipinski definition) is 0. The van der Waals surface area contributed by atoms with Crippen molar-refractivity contribution >= 4 is 101 Å². The standard InChI is InChI=1S/C71H55N5S2.C3H6/c1-6-8-19-48(38-51-42-77-64-34-28-45(5)35-57(51)64)69-72-70(49-29-30-50-41-78-65-37-43(3)18-16-24-53(65)56(50)39-49)74-71(73-69)76-60-26-15-13-23-55(60)68-62(76)33-32-61-67(68)54-22-12-14-25-59(54)75(61)63-40-47(17-7-2)66(46-20-10-9-11-21-46)58-36-44(4)27-31-52(58)63;1-3-2/h6-7,9-23,25-40H,1,8,24,41-42H2,2-5H3;3H,1H2,2H3/b17-7-,48-19+,51-38+;. The van der Waals surface area contributed by atoms with Gasteiger partial charge in [0.2, 0.25) is 5.95 Å². The van der Waals surface area contributed by atoms with E-state index in [4.69, 9.17) is 15.0 Å². The van der Waals surface area contributed by atoms with Crippen LogP contribution in [0.4, 0.5) is 0 Å². The second-order valence-electron chi connectivity index (χ2n) is 21.2. The monoisotopic (exact) mass is 1080 g/mol. The molecule has 0 unspecified atom stereocenters. The average Bonchev–Trinajstić information content (AvgIpc) is 4.33. The van der Waals surface area contributed by atoms with Crippen molar-refractivity contribution in [3.63, 3.8) is 0 Å². The fourth-order valence-electron chi connectivity index (χ4n) is 12.1. The summed E-state index contributed by atoms with van der Waals surface area (Å²) in [4.78, 5) is 19.3. The van der Waals surface area contributed by atoms with Crippen LogP contribution in [0.2, 0.25) is 0 Å². The lowest BCUT2D eigenvalue weighted by molar-refractivity contribution is 0.932. The molecular formula is C74H61N5S2. The first-order chi connectivity index (χ1) is 39.7. The third kappa shape index (κ3) is 9.24. The number of nitrogens with zero attached hydrogens (tertiary/aromatic N) is 5. The Hall–Kier alpha value is -8.75. The summed E-state index contributed by atoms with van der Waals surface area (Å²) in [6.07, 6.45) is 21.1. The van der Waals surface area contributed by atoms with E-state index in [1.165, 1.54) is 92.6 Å². The van der Waals surface area contributed by atoms with E-state index in [9.17, 15) is 0 Å². The Labute approximate surface area is 482 Å². The summed E-state index contributed by atoms with van der Waals surface area (Å²) in [5.41, 5.74) is 21.3. The van der Waals surface area contributed by atoms with Crippen LogP contribution >= 0.6 is 23.5 Å². The maximum Gasteiger partial charge on any atom is 0.238 e. The van der Waals surface area contributed by atoms with Gasteiger partial charge in [-0.1, -0.05) is 168 Å². The minimum Gasteiger partial charge on any atom is -0.309 e. The van der Waals surface area contributed by atoms with Crippen LogP contribution in [-0.4, -0.2) is 29.8 Å². The Bertz CT molecular complexity index is 4610. The minimum absolute atomic E-state index is 0.572. The maximum atomic E-state index is 5.59. The number of rotatable bonds is 9. The summed E-state index contributed by atoms with van der Waals surface area (Å²) < 4.78 is 4.78. The first kappa shape index (κ1) is 51.7. The molecule has 1 aliphatic carbocycles. The predicted molar refractivity (Wildman–Crippen MR) is 351 cm³/mol. The second kappa shape index (κ2) is 21.7.